The van der Waals surface area contributed by atoms with Crippen LogP contribution in [0.3, 0.4) is 0 Å². The van der Waals surface area contributed by atoms with Crippen LogP contribution in [0.2, 0.25) is 0 Å². The number of hydrogen-bond acceptors (Lipinski definition) is 3. The van der Waals surface area contributed by atoms with Gasteiger partial charge in [0.05, 0.1) is 18.7 Å². The van der Waals surface area contributed by atoms with Crippen molar-refractivity contribution in [3.63, 3.8) is 0 Å². The van der Waals surface area contributed by atoms with Gasteiger partial charge in [-0.1, -0.05) is 6.92 Å². The van der Waals surface area contributed by atoms with E-state index in [1.54, 1.807) is 6.92 Å². The maximum absolute atomic E-state index is 13.5. The van der Waals surface area contributed by atoms with Crippen LogP contribution >= 0.6 is 0 Å². The van der Waals surface area contributed by atoms with Gasteiger partial charge in [-0.15, -0.1) is 0 Å². The van der Waals surface area contributed by atoms with E-state index in [0.717, 1.165) is 6.07 Å². The number of halogens is 1. The predicted octanol–water partition coefficient (Wildman–Crippen LogP) is 2.57. The summed E-state index contributed by atoms with van der Waals surface area (Å²) < 4.78 is 18.3. The first-order chi connectivity index (χ1) is 7.63. The Morgan fingerprint density at radius 2 is 2.31 bits per heavy atom. The molecule has 3 nitrogen and oxygen atoms in total. The number of carbonyl (C=O) groups excluding carboxylic acids is 1. The Labute approximate surface area is 93.5 Å². The van der Waals surface area contributed by atoms with E-state index in [4.69, 9.17) is 10.00 Å². The lowest BCUT2D eigenvalue weighted by atomic mass is 9.96. The third kappa shape index (κ3) is 2.37. The van der Waals surface area contributed by atoms with Crippen molar-refractivity contribution in [3.05, 3.63) is 29.6 Å². The van der Waals surface area contributed by atoms with E-state index >= 15 is 0 Å². The Morgan fingerprint density at radius 3 is 2.75 bits per heavy atom. The van der Waals surface area contributed by atoms with Crippen LogP contribution < -0.4 is 4.74 Å². The number of benzene rings is 1. The molecule has 1 aromatic rings. The molecule has 0 spiro atoms. The maximum atomic E-state index is 13.5. The van der Waals surface area contributed by atoms with Gasteiger partial charge in [0.1, 0.15) is 17.5 Å². The molecule has 0 aliphatic heterocycles. The van der Waals surface area contributed by atoms with Crippen molar-refractivity contribution in [1.82, 2.24) is 0 Å². The highest BCUT2D eigenvalue weighted by Gasteiger charge is 2.21. The number of ketones is 1. The Bertz CT molecular complexity index is 437. The topological polar surface area (TPSA) is 50.1 Å². The molecule has 1 rings (SSSR count). The van der Waals surface area contributed by atoms with Gasteiger partial charge in [0.2, 0.25) is 0 Å². The zero-order valence-corrected chi connectivity index (χ0v) is 9.16. The fourth-order valence-corrected chi connectivity index (χ4v) is 1.35. The number of hydrogen-bond donors (Lipinski definition) is 0. The first kappa shape index (κ1) is 12.2. The quantitative estimate of drug-likeness (QED) is 0.734. The fraction of sp³-hybridized carbons (Fsp3) is 0.333. The van der Waals surface area contributed by atoms with Crippen molar-refractivity contribution in [1.29, 1.82) is 5.26 Å². The van der Waals surface area contributed by atoms with Crippen molar-refractivity contribution in [2.75, 3.05) is 7.11 Å². The smallest absolute Gasteiger partial charge is 0.182 e. The molecule has 16 heavy (non-hydrogen) atoms. The zero-order valence-electron chi connectivity index (χ0n) is 9.16. The number of carbonyl (C=O) groups is 1. The van der Waals surface area contributed by atoms with E-state index in [-0.39, 0.29) is 5.56 Å². The predicted molar refractivity (Wildman–Crippen MR) is 56.7 cm³/mol. The largest absolute Gasteiger partial charge is 0.497 e. The molecule has 1 atom stereocenters. The highest BCUT2D eigenvalue weighted by atomic mass is 19.1. The highest BCUT2D eigenvalue weighted by molar-refractivity contribution is 5.99. The van der Waals surface area contributed by atoms with E-state index in [9.17, 15) is 9.18 Å². The lowest BCUT2D eigenvalue weighted by molar-refractivity contribution is 0.0942. The minimum atomic E-state index is -0.789. The molecule has 0 radical (unpaired) electrons. The number of rotatable bonds is 4. The summed E-state index contributed by atoms with van der Waals surface area (Å²) in [7, 11) is 1.42. The van der Waals surface area contributed by atoms with E-state index in [0.29, 0.717) is 12.2 Å². The molecule has 0 fully saturated rings. The molecule has 0 aromatic heterocycles. The molecule has 1 aromatic carbocycles. The molecule has 0 bridgehead atoms. The van der Waals surface area contributed by atoms with Crippen molar-refractivity contribution in [3.8, 4) is 11.8 Å². The Balaban J connectivity index is 3.06. The van der Waals surface area contributed by atoms with Gasteiger partial charge in [-0.25, -0.2) is 4.39 Å². The zero-order chi connectivity index (χ0) is 12.1. The van der Waals surface area contributed by atoms with E-state index in [2.05, 4.69) is 0 Å². The second-order valence-electron chi connectivity index (χ2n) is 3.30. The van der Waals surface area contributed by atoms with Crippen molar-refractivity contribution >= 4 is 5.78 Å². The summed E-state index contributed by atoms with van der Waals surface area (Å²) in [5.74, 6) is -1.58. The maximum Gasteiger partial charge on any atom is 0.182 e. The van der Waals surface area contributed by atoms with Crippen LogP contribution in [0, 0.1) is 23.1 Å². The minimum Gasteiger partial charge on any atom is -0.497 e. The van der Waals surface area contributed by atoms with Gasteiger partial charge >= 0.3 is 0 Å². The van der Waals surface area contributed by atoms with Gasteiger partial charge in [-0.3, -0.25) is 4.79 Å². The van der Waals surface area contributed by atoms with Gasteiger partial charge in [-0.2, -0.15) is 5.26 Å². The van der Waals surface area contributed by atoms with Crippen LogP contribution in [0.5, 0.6) is 5.75 Å². The molecule has 0 amide bonds. The molecule has 4 heteroatoms. The van der Waals surface area contributed by atoms with Crippen LogP contribution in [0.4, 0.5) is 4.39 Å². The molecule has 0 heterocycles. The molecule has 0 saturated heterocycles. The third-order valence-electron chi connectivity index (χ3n) is 2.32. The summed E-state index contributed by atoms with van der Waals surface area (Å²) in [4.78, 5) is 11.7. The second-order valence-corrected chi connectivity index (χ2v) is 3.30. The normalized spacial score (nSPS) is 11.6. The van der Waals surface area contributed by atoms with Crippen molar-refractivity contribution in [2.24, 2.45) is 5.92 Å². The molecule has 0 aliphatic rings. The van der Waals surface area contributed by atoms with Gasteiger partial charge in [0.25, 0.3) is 0 Å². The monoisotopic (exact) mass is 221 g/mol. The van der Waals surface area contributed by atoms with Crippen molar-refractivity contribution < 1.29 is 13.9 Å². The van der Waals surface area contributed by atoms with Crippen molar-refractivity contribution in [2.45, 2.75) is 13.3 Å². The van der Waals surface area contributed by atoms with E-state index < -0.39 is 17.5 Å². The SMILES string of the molecule is CCC(C#N)C(=O)c1ccc(OC)cc1F. The molecular formula is C12H12FNO2. The molecular weight excluding hydrogens is 209 g/mol. The lowest BCUT2D eigenvalue weighted by Gasteiger charge is -2.07. The Morgan fingerprint density at radius 1 is 1.62 bits per heavy atom. The minimum absolute atomic E-state index is 0.0609. The number of Topliss-reactive ketones (excluding diaryl/α,β-unsaturated/α-hetero) is 1. The van der Waals surface area contributed by atoms with E-state index in [1.165, 1.54) is 19.2 Å². The Hall–Kier alpha value is -1.89. The second kappa shape index (κ2) is 5.26. The van der Waals surface area contributed by atoms with E-state index in [1.807, 2.05) is 6.07 Å². The molecule has 0 aliphatic carbocycles. The number of nitrogens with zero attached hydrogens (tertiary/aromatic N) is 1. The number of methoxy groups -OCH3 is 1. The summed E-state index contributed by atoms with van der Waals surface area (Å²) in [6, 6.07) is 5.84. The molecule has 1 unspecified atom stereocenters. The van der Waals surface area contributed by atoms with Crippen LogP contribution in [-0.4, -0.2) is 12.9 Å². The third-order valence-corrected chi connectivity index (χ3v) is 2.32. The first-order valence-corrected chi connectivity index (χ1v) is 4.91. The first-order valence-electron chi connectivity index (χ1n) is 4.91. The average molecular weight is 221 g/mol. The Kier molecular flexibility index (Phi) is 4.01. The standard InChI is InChI=1S/C12H12FNO2/c1-3-8(7-14)12(15)10-5-4-9(16-2)6-11(10)13/h4-6,8H,3H2,1-2H3. The summed E-state index contributed by atoms with van der Waals surface area (Å²) in [6.45, 7) is 1.72. The van der Waals surface area contributed by atoms with Gasteiger partial charge in [0.15, 0.2) is 5.78 Å². The molecule has 0 N–H and O–H groups in total. The summed E-state index contributed by atoms with van der Waals surface area (Å²) in [5, 5.41) is 8.73. The van der Waals surface area contributed by atoms with Gasteiger partial charge in [0, 0.05) is 6.07 Å². The average Bonchev–Trinajstić information content (AvgIpc) is 2.30. The van der Waals surface area contributed by atoms with Crippen LogP contribution in [0.15, 0.2) is 18.2 Å². The van der Waals surface area contributed by atoms with Gasteiger partial charge in [-0.05, 0) is 18.6 Å². The number of ether oxygens (including phenoxy) is 1. The molecule has 0 saturated carbocycles. The highest BCUT2D eigenvalue weighted by Crippen LogP contribution is 2.20. The summed E-state index contributed by atoms with van der Waals surface area (Å²) >= 11 is 0. The summed E-state index contributed by atoms with van der Waals surface area (Å²) in [5.41, 5.74) is -0.0609. The lowest BCUT2D eigenvalue weighted by Crippen LogP contribution is -2.13. The van der Waals surface area contributed by atoms with Crippen LogP contribution in [0.25, 0.3) is 0 Å². The molecule has 84 valence electrons. The van der Waals surface area contributed by atoms with Crippen LogP contribution in [-0.2, 0) is 0 Å². The summed E-state index contributed by atoms with van der Waals surface area (Å²) in [6.07, 6.45) is 0.376. The van der Waals surface area contributed by atoms with Crippen LogP contribution in [0.1, 0.15) is 23.7 Å². The number of nitriles is 1. The van der Waals surface area contributed by atoms with Gasteiger partial charge < -0.3 is 4.74 Å². The fourth-order valence-electron chi connectivity index (χ4n) is 1.35.